The van der Waals surface area contributed by atoms with Gasteiger partial charge in [-0.3, -0.25) is 0 Å². The number of sulfonamides is 1. The summed E-state index contributed by atoms with van der Waals surface area (Å²) in [4.78, 5) is 0.0617. The second-order valence-corrected chi connectivity index (χ2v) is 8.05. The largest absolute Gasteiger partial charge is 0.240 e. The van der Waals surface area contributed by atoms with Gasteiger partial charge in [-0.05, 0) is 30.0 Å². The van der Waals surface area contributed by atoms with Gasteiger partial charge in [-0.2, -0.15) is 0 Å². The van der Waals surface area contributed by atoms with Gasteiger partial charge in [0.05, 0.1) is 4.90 Å². The number of nitrogens with one attached hydrogen (secondary N) is 1. The van der Waals surface area contributed by atoms with Crippen LogP contribution in [0.3, 0.4) is 0 Å². The summed E-state index contributed by atoms with van der Waals surface area (Å²) in [7, 11) is -3.62. The molecule has 0 aliphatic rings. The molecule has 1 aromatic carbocycles. The van der Waals surface area contributed by atoms with Crippen molar-refractivity contribution >= 4 is 44.8 Å². The van der Waals surface area contributed by atoms with E-state index in [9.17, 15) is 8.42 Å². The van der Waals surface area contributed by atoms with Gasteiger partial charge in [0.1, 0.15) is 0 Å². The minimum Gasteiger partial charge on any atom is -0.211 e. The molecule has 0 radical (unpaired) electrons. The Labute approximate surface area is 129 Å². The first kappa shape index (κ1) is 17.1. The number of hydrogen-bond acceptors (Lipinski definition) is 2. The lowest BCUT2D eigenvalue weighted by Gasteiger charge is -2.23. The van der Waals surface area contributed by atoms with E-state index in [-0.39, 0.29) is 20.4 Å². The highest BCUT2D eigenvalue weighted by Gasteiger charge is 2.22. The molecule has 0 saturated heterocycles. The van der Waals surface area contributed by atoms with Crippen molar-refractivity contribution in [2.45, 2.75) is 25.2 Å². The summed E-state index contributed by atoms with van der Waals surface area (Å²) in [5.41, 5.74) is -0.211. The minimum absolute atomic E-state index is 0.0617. The van der Waals surface area contributed by atoms with Crippen molar-refractivity contribution in [1.82, 2.24) is 4.72 Å². The van der Waals surface area contributed by atoms with Crippen molar-refractivity contribution < 1.29 is 8.42 Å². The van der Waals surface area contributed by atoms with Crippen molar-refractivity contribution in [1.29, 1.82) is 0 Å². The van der Waals surface area contributed by atoms with Crippen LogP contribution >= 0.6 is 34.8 Å². The Kier molecular flexibility index (Phi) is 5.96. The standard InChI is InChI=1S/C12H16Cl3NO2S/c1-12(2,3-4-13)8-16-19(17,18)11-6-9(14)5-10(15)7-11/h5-7,16H,3-4,8H2,1-2H3. The Morgan fingerprint density at radius 3 is 2.16 bits per heavy atom. The monoisotopic (exact) mass is 343 g/mol. The zero-order valence-electron chi connectivity index (χ0n) is 10.7. The van der Waals surface area contributed by atoms with Gasteiger partial charge in [0.15, 0.2) is 0 Å². The molecule has 0 amide bonds. The van der Waals surface area contributed by atoms with Crippen LogP contribution in [0.4, 0.5) is 0 Å². The third-order valence-corrected chi connectivity index (χ3v) is 4.66. The lowest BCUT2D eigenvalue weighted by atomic mass is 9.91. The Balaban J connectivity index is 2.87. The summed E-state index contributed by atoms with van der Waals surface area (Å²) in [6, 6.07) is 4.22. The van der Waals surface area contributed by atoms with Crippen LogP contribution in [0.1, 0.15) is 20.3 Å². The molecule has 1 rings (SSSR count). The molecule has 0 aliphatic heterocycles. The van der Waals surface area contributed by atoms with E-state index in [0.717, 1.165) is 0 Å². The Morgan fingerprint density at radius 1 is 1.16 bits per heavy atom. The van der Waals surface area contributed by atoms with Gasteiger partial charge in [0.25, 0.3) is 0 Å². The first-order valence-electron chi connectivity index (χ1n) is 5.68. The van der Waals surface area contributed by atoms with Crippen LogP contribution in [0.5, 0.6) is 0 Å². The summed E-state index contributed by atoms with van der Waals surface area (Å²) >= 11 is 17.3. The fraction of sp³-hybridized carbons (Fsp3) is 0.500. The molecule has 1 N–H and O–H groups in total. The molecule has 1 aromatic rings. The van der Waals surface area contributed by atoms with Gasteiger partial charge in [-0.1, -0.05) is 37.0 Å². The van der Waals surface area contributed by atoms with Gasteiger partial charge in [0, 0.05) is 22.5 Å². The molecular weight excluding hydrogens is 329 g/mol. The summed E-state index contributed by atoms with van der Waals surface area (Å²) in [6.45, 7) is 4.19. The van der Waals surface area contributed by atoms with Crippen LogP contribution in [0.15, 0.2) is 23.1 Å². The highest BCUT2D eigenvalue weighted by Crippen LogP contribution is 2.24. The van der Waals surface area contributed by atoms with E-state index in [2.05, 4.69) is 4.72 Å². The van der Waals surface area contributed by atoms with Gasteiger partial charge >= 0.3 is 0 Å². The molecule has 0 atom stereocenters. The van der Waals surface area contributed by atoms with E-state index in [1.165, 1.54) is 18.2 Å². The molecule has 0 saturated carbocycles. The lowest BCUT2D eigenvalue weighted by molar-refractivity contribution is 0.352. The first-order valence-corrected chi connectivity index (χ1v) is 8.45. The highest BCUT2D eigenvalue weighted by atomic mass is 35.5. The second-order valence-electron chi connectivity index (χ2n) is 5.03. The van der Waals surface area contributed by atoms with Crippen molar-refractivity contribution in [2.75, 3.05) is 12.4 Å². The molecule has 0 aromatic heterocycles. The molecular formula is C12H16Cl3NO2S. The number of benzene rings is 1. The smallest absolute Gasteiger partial charge is 0.211 e. The summed E-state index contributed by atoms with van der Waals surface area (Å²) in [6.07, 6.45) is 0.716. The second kappa shape index (κ2) is 6.64. The summed E-state index contributed by atoms with van der Waals surface area (Å²) in [5.74, 6) is 0.484. The SMILES string of the molecule is CC(C)(CCCl)CNS(=O)(=O)c1cc(Cl)cc(Cl)c1. The molecule has 0 aliphatic carbocycles. The molecule has 0 spiro atoms. The van der Waals surface area contributed by atoms with Gasteiger partial charge in [0.2, 0.25) is 10.0 Å². The van der Waals surface area contributed by atoms with Crippen LogP contribution in [-0.2, 0) is 10.0 Å². The Hall–Kier alpha value is -0.000000000000000111. The predicted octanol–water partition coefficient (Wildman–Crippen LogP) is 3.93. The summed E-state index contributed by atoms with van der Waals surface area (Å²) < 4.78 is 26.8. The normalized spacial score (nSPS) is 12.7. The van der Waals surface area contributed by atoms with Crippen LogP contribution in [0, 0.1) is 5.41 Å². The molecule has 0 heterocycles. The molecule has 3 nitrogen and oxygen atoms in total. The van der Waals surface area contributed by atoms with Crippen molar-refractivity contribution in [2.24, 2.45) is 5.41 Å². The van der Waals surface area contributed by atoms with E-state index in [1.807, 2.05) is 13.8 Å². The molecule has 0 bridgehead atoms. The molecule has 7 heteroatoms. The van der Waals surface area contributed by atoms with Gasteiger partial charge < -0.3 is 0 Å². The van der Waals surface area contributed by atoms with E-state index in [4.69, 9.17) is 34.8 Å². The van der Waals surface area contributed by atoms with Crippen molar-refractivity contribution in [3.8, 4) is 0 Å². The average molecular weight is 345 g/mol. The van der Waals surface area contributed by atoms with Crippen molar-refractivity contribution in [3.63, 3.8) is 0 Å². The topological polar surface area (TPSA) is 46.2 Å². The molecule has 19 heavy (non-hydrogen) atoms. The van der Waals surface area contributed by atoms with Gasteiger partial charge in [-0.25, -0.2) is 13.1 Å². The van der Waals surface area contributed by atoms with E-state index >= 15 is 0 Å². The fourth-order valence-electron chi connectivity index (χ4n) is 1.40. The molecule has 0 fully saturated rings. The third-order valence-electron chi connectivity index (χ3n) is 2.66. The quantitative estimate of drug-likeness (QED) is 0.795. The maximum absolute atomic E-state index is 12.1. The highest BCUT2D eigenvalue weighted by molar-refractivity contribution is 7.89. The van der Waals surface area contributed by atoms with Crippen LogP contribution < -0.4 is 4.72 Å². The van der Waals surface area contributed by atoms with Crippen molar-refractivity contribution in [3.05, 3.63) is 28.2 Å². The van der Waals surface area contributed by atoms with Gasteiger partial charge in [-0.15, -0.1) is 11.6 Å². The zero-order valence-corrected chi connectivity index (χ0v) is 13.8. The number of rotatable bonds is 6. The van der Waals surface area contributed by atoms with E-state index in [0.29, 0.717) is 18.8 Å². The average Bonchev–Trinajstić information content (AvgIpc) is 2.25. The zero-order chi connectivity index (χ0) is 14.7. The lowest BCUT2D eigenvalue weighted by Crippen LogP contribution is -2.34. The third kappa shape index (κ3) is 5.48. The summed E-state index contributed by atoms with van der Waals surface area (Å²) in [5, 5.41) is 0.570. The van der Waals surface area contributed by atoms with Crippen LogP contribution in [0.2, 0.25) is 10.0 Å². The van der Waals surface area contributed by atoms with E-state index < -0.39 is 10.0 Å². The first-order chi connectivity index (χ1) is 8.66. The predicted molar refractivity (Wildman–Crippen MR) is 80.8 cm³/mol. The molecule has 108 valence electrons. The minimum atomic E-state index is -3.62. The Bertz CT molecular complexity index is 524. The fourth-order valence-corrected chi connectivity index (χ4v) is 3.88. The number of hydrogen-bond donors (Lipinski definition) is 1. The maximum Gasteiger partial charge on any atom is 0.240 e. The number of halogens is 3. The van der Waals surface area contributed by atoms with E-state index in [1.54, 1.807) is 0 Å². The van der Waals surface area contributed by atoms with Crippen LogP contribution in [-0.4, -0.2) is 20.8 Å². The molecule has 0 unspecified atom stereocenters. The number of alkyl halides is 1. The Morgan fingerprint density at radius 2 is 1.68 bits per heavy atom. The maximum atomic E-state index is 12.1. The van der Waals surface area contributed by atoms with Crippen LogP contribution in [0.25, 0.3) is 0 Å².